The van der Waals surface area contributed by atoms with Crippen molar-refractivity contribution >= 4 is 5.91 Å². The normalized spacial score (nSPS) is 34.6. The van der Waals surface area contributed by atoms with E-state index in [1.807, 2.05) is 4.90 Å². The Morgan fingerprint density at radius 1 is 1.36 bits per heavy atom. The molecule has 2 atom stereocenters. The fourth-order valence-corrected chi connectivity index (χ4v) is 2.32. The van der Waals surface area contributed by atoms with Crippen LogP contribution in [0.2, 0.25) is 0 Å². The first-order valence-corrected chi connectivity index (χ1v) is 5.41. The number of halogens is 1. The molecule has 0 unspecified atom stereocenters. The van der Waals surface area contributed by atoms with Crippen LogP contribution in [0.3, 0.4) is 0 Å². The van der Waals surface area contributed by atoms with Crippen LogP contribution in [0.4, 0.5) is 4.39 Å². The standard InChI is InChI=1S/C10H17FN2O/c11-8-5-9(7-12-6-8)13-4-2-1-3-10(13)14/h8-9,12H,1-7H2/t8-,9-/m0/s1. The molecule has 0 saturated carbocycles. The van der Waals surface area contributed by atoms with E-state index >= 15 is 0 Å². The summed E-state index contributed by atoms with van der Waals surface area (Å²) in [5.41, 5.74) is 0. The van der Waals surface area contributed by atoms with Gasteiger partial charge in [-0.25, -0.2) is 4.39 Å². The van der Waals surface area contributed by atoms with Gasteiger partial charge in [-0.2, -0.15) is 0 Å². The molecule has 0 aromatic carbocycles. The van der Waals surface area contributed by atoms with E-state index in [0.29, 0.717) is 19.4 Å². The molecule has 0 radical (unpaired) electrons. The molecule has 4 heteroatoms. The van der Waals surface area contributed by atoms with Crippen LogP contribution in [-0.2, 0) is 4.79 Å². The number of likely N-dealkylation sites (tertiary alicyclic amines) is 1. The summed E-state index contributed by atoms with van der Waals surface area (Å²) in [5, 5.41) is 3.03. The van der Waals surface area contributed by atoms with Crippen LogP contribution in [0, 0.1) is 0 Å². The Kier molecular flexibility index (Phi) is 3.01. The molecule has 2 heterocycles. The van der Waals surface area contributed by atoms with Crippen LogP contribution in [0.5, 0.6) is 0 Å². The summed E-state index contributed by atoms with van der Waals surface area (Å²) >= 11 is 0. The summed E-state index contributed by atoms with van der Waals surface area (Å²) in [4.78, 5) is 13.4. The highest BCUT2D eigenvalue weighted by molar-refractivity contribution is 5.77. The highest BCUT2D eigenvalue weighted by Gasteiger charge is 2.30. The van der Waals surface area contributed by atoms with Gasteiger partial charge < -0.3 is 10.2 Å². The Bertz CT molecular complexity index is 222. The SMILES string of the molecule is O=C1CCCCN1[C@@H]1CNC[C@@H](F)C1. The Hall–Kier alpha value is -0.640. The predicted octanol–water partition coefficient (Wildman–Crippen LogP) is 0.699. The van der Waals surface area contributed by atoms with E-state index in [0.717, 1.165) is 25.9 Å². The zero-order chi connectivity index (χ0) is 9.97. The molecule has 0 aromatic heterocycles. The van der Waals surface area contributed by atoms with Crippen molar-refractivity contribution in [1.29, 1.82) is 0 Å². The fraction of sp³-hybridized carbons (Fsp3) is 0.900. The van der Waals surface area contributed by atoms with Gasteiger partial charge in [-0.1, -0.05) is 0 Å². The molecular formula is C10H17FN2O. The second-order valence-electron chi connectivity index (χ2n) is 4.19. The summed E-state index contributed by atoms with van der Waals surface area (Å²) in [6.07, 6.45) is 2.43. The second kappa shape index (κ2) is 4.26. The zero-order valence-electron chi connectivity index (χ0n) is 8.34. The monoisotopic (exact) mass is 200 g/mol. The van der Waals surface area contributed by atoms with Gasteiger partial charge in [0.25, 0.3) is 0 Å². The Morgan fingerprint density at radius 3 is 2.93 bits per heavy atom. The highest BCUT2D eigenvalue weighted by Crippen LogP contribution is 2.19. The summed E-state index contributed by atoms with van der Waals surface area (Å²) in [6, 6.07) is 0.0894. The molecule has 0 spiro atoms. The molecule has 0 bridgehead atoms. The van der Waals surface area contributed by atoms with E-state index in [-0.39, 0.29) is 11.9 Å². The van der Waals surface area contributed by atoms with Gasteiger partial charge in [0.2, 0.25) is 5.91 Å². The summed E-state index contributed by atoms with van der Waals surface area (Å²) < 4.78 is 13.1. The van der Waals surface area contributed by atoms with Gasteiger partial charge in [-0.3, -0.25) is 4.79 Å². The van der Waals surface area contributed by atoms with Crippen molar-refractivity contribution in [2.24, 2.45) is 0 Å². The molecule has 80 valence electrons. The molecule has 1 N–H and O–H groups in total. The number of hydrogen-bond acceptors (Lipinski definition) is 2. The van der Waals surface area contributed by atoms with Crippen molar-refractivity contribution in [2.45, 2.75) is 37.9 Å². The molecule has 0 aromatic rings. The number of carbonyl (C=O) groups is 1. The number of piperidine rings is 2. The number of alkyl halides is 1. The minimum Gasteiger partial charge on any atom is -0.338 e. The van der Waals surface area contributed by atoms with Crippen molar-refractivity contribution in [1.82, 2.24) is 10.2 Å². The lowest BCUT2D eigenvalue weighted by molar-refractivity contribution is -0.136. The third-order valence-corrected chi connectivity index (χ3v) is 3.07. The van der Waals surface area contributed by atoms with E-state index in [9.17, 15) is 9.18 Å². The molecule has 3 nitrogen and oxygen atoms in total. The van der Waals surface area contributed by atoms with Crippen molar-refractivity contribution < 1.29 is 9.18 Å². The molecule has 2 saturated heterocycles. The van der Waals surface area contributed by atoms with Gasteiger partial charge >= 0.3 is 0 Å². The smallest absolute Gasteiger partial charge is 0.222 e. The lowest BCUT2D eigenvalue weighted by atomic mass is 10.0. The van der Waals surface area contributed by atoms with Crippen LogP contribution in [0.1, 0.15) is 25.7 Å². The first kappa shape index (κ1) is 9.90. The van der Waals surface area contributed by atoms with E-state index in [2.05, 4.69) is 5.32 Å². The number of rotatable bonds is 1. The van der Waals surface area contributed by atoms with E-state index in [1.165, 1.54) is 0 Å². The lowest BCUT2D eigenvalue weighted by Crippen LogP contribution is -2.53. The number of nitrogens with zero attached hydrogens (tertiary/aromatic N) is 1. The molecule has 2 aliphatic rings. The molecule has 14 heavy (non-hydrogen) atoms. The van der Waals surface area contributed by atoms with Gasteiger partial charge in [0, 0.05) is 38.5 Å². The maximum atomic E-state index is 13.1. The van der Waals surface area contributed by atoms with Crippen LogP contribution < -0.4 is 5.32 Å². The van der Waals surface area contributed by atoms with E-state index in [1.54, 1.807) is 0 Å². The number of nitrogens with one attached hydrogen (secondary N) is 1. The van der Waals surface area contributed by atoms with Crippen molar-refractivity contribution in [3.05, 3.63) is 0 Å². The quantitative estimate of drug-likeness (QED) is 0.675. The van der Waals surface area contributed by atoms with Gasteiger partial charge in [0.15, 0.2) is 0 Å². The molecule has 2 rings (SSSR count). The summed E-state index contributed by atoms with van der Waals surface area (Å²) in [7, 11) is 0. The molecule has 1 amide bonds. The van der Waals surface area contributed by atoms with Gasteiger partial charge in [0.05, 0.1) is 0 Å². The van der Waals surface area contributed by atoms with E-state index < -0.39 is 6.17 Å². The zero-order valence-corrected chi connectivity index (χ0v) is 8.34. The third-order valence-electron chi connectivity index (χ3n) is 3.07. The van der Waals surface area contributed by atoms with Gasteiger partial charge in [0.1, 0.15) is 6.17 Å². The summed E-state index contributed by atoms with van der Waals surface area (Å²) in [5.74, 6) is 0.206. The van der Waals surface area contributed by atoms with Gasteiger partial charge in [-0.15, -0.1) is 0 Å². The minimum atomic E-state index is -0.788. The van der Waals surface area contributed by atoms with Crippen molar-refractivity contribution in [2.75, 3.05) is 19.6 Å². The van der Waals surface area contributed by atoms with Crippen molar-refractivity contribution in [3.8, 4) is 0 Å². The van der Waals surface area contributed by atoms with Crippen LogP contribution in [-0.4, -0.2) is 42.7 Å². The largest absolute Gasteiger partial charge is 0.338 e. The van der Waals surface area contributed by atoms with Crippen LogP contribution >= 0.6 is 0 Å². The Labute approximate surface area is 83.6 Å². The Balaban J connectivity index is 1.94. The molecule has 0 aliphatic carbocycles. The second-order valence-corrected chi connectivity index (χ2v) is 4.19. The third kappa shape index (κ3) is 2.05. The lowest BCUT2D eigenvalue weighted by Gasteiger charge is -2.38. The topological polar surface area (TPSA) is 32.3 Å². The Morgan fingerprint density at radius 2 is 2.21 bits per heavy atom. The maximum Gasteiger partial charge on any atom is 0.222 e. The number of carbonyl (C=O) groups excluding carboxylic acids is 1. The van der Waals surface area contributed by atoms with E-state index in [4.69, 9.17) is 0 Å². The fourth-order valence-electron chi connectivity index (χ4n) is 2.32. The van der Waals surface area contributed by atoms with Crippen LogP contribution in [0.15, 0.2) is 0 Å². The maximum absolute atomic E-state index is 13.1. The van der Waals surface area contributed by atoms with Crippen LogP contribution in [0.25, 0.3) is 0 Å². The number of hydrogen-bond donors (Lipinski definition) is 1. The van der Waals surface area contributed by atoms with Crippen molar-refractivity contribution in [3.63, 3.8) is 0 Å². The predicted molar refractivity (Wildman–Crippen MR) is 51.7 cm³/mol. The molecule has 2 fully saturated rings. The average Bonchev–Trinajstić information content (AvgIpc) is 2.18. The molecule has 2 aliphatic heterocycles. The summed E-state index contributed by atoms with van der Waals surface area (Å²) in [6.45, 7) is 2.02. The van der Waals surface area contributed by atoms with Gasteiger partial charge in [-0.05, 0) is 12.8 Å². The first-order chi connectivity index (χ1) is 6.77. The molecular weight excluding hydrogens is 183 g/mol. The average molecular weight is 200 g/mol. The minimum absolute atomic E-state index is 0.0894. The first-order valence-electron chi connectivity index (χ1n) is 5.41. The highest BCUT2D eigenvalue weighted by atomic mass is 19.1. The number of amides is 1.